The third kappa shape index (κ3) is 4.00. The van der Waals surface area contributed by atoms with E-state index >= 15 is 0 Å². The van der Waals surface area contributed by atoms with E-state index in [4.69, 9.17) is 21.1 Å². The molecule has 0 bridgehead atoms. The standard InChI is InChI=1S/C12H13ClN2O2/c13-12-14-7-6-11(15-12)17-9-8-16-10-4-2-1-3-5-10/h1-7,12,14H,8-9H2. The maximum Gasteiger partial charge on any atom is 0.213 e. The molecule has 1 heterocycles. The van der Waals surface area contributed by atoms with Gasteiger partial charge in [-0.05, 0) is 12.1 Å². The summed E-state index contributed by atoms with van der Waals surface area (Å²) in [5, 5.41) is 2.81. The fraction of sp³-hybridized carbons (Fsp3) is 0.250. The first kappa shape index (κ1) is 11.8. The van der Waals surface area contributed by atoms with E-state index in [0.29, 0.717) is 19.1 Å². The van der Waals surface area contributed by atoms with Gasteiger partial charge in [-0.15, -0.1) is 0 Å². The highest BCUT2D eigenvalue weighted by Crippen LogP contribution is 2.08. The molecule has 1 aromatic carbocycles. The second kappa shape index (κ2) is 6.15. The van der Waals surface area contributed by atoms with Crippen LogP contribution in [0.3, 0.4) is 0 Å². The number of aliphatic imine (C=N–C) groups is 1. The molecule has 0 fully saturated rings. The van der Waals surface area contributed by atoms with Crippen LogP contribution in [0.15, 0.2) is 47.6 Å². The number of benzene rings is 1. The summed E-state index contributed by atoms with van der Waals surface area (Å²) in [7, 11) is 0. The molecule has 0 aromatic heterocycles. The molecule has 0 amide bonds. The van der Waals surface area contributed by atoms with Crippen LogP contribution >= 0.6 is 11.6 Å². The smallest absolute Gasteiger partial charge is 0.213 e. The van der Waals surface area contributed by atoms with E-state index in [9.17, 15) is 0 Å². The van der Waals surface area contributed by atoms with Gasteiger partial charge in [-0.25, -0.2) is 4.99 Å². The average Bonchev–Trinajstić information content (AvgIpc) is 2.36. The predicted octanol–water partition coefficient (Wildman–Crippen LogP) is 2.12. The summed E-state index contributed by atoms with van der Waals surface area (Å²) in [6.45, 7) is 0.902. The maximum absolute atomic E-state index is 5.76. The van der Waals surface area contributed by atoms with Crippen molar-refractivity contribution in [2.75, 3.05) is 13.2 Å². The number of halogens is 1. The third-order valence-corrected chi connectivity index (χ3v) is 2.27. The van der Waals surface area contributed by atoms with Crippen LogP contribution in [0.5, 0.6) is 5.75 Å². The summed E-state index contributed by atoms with van der Waals surface area (Å²) in [6, 6.07) is 9.59. The van der Waals surface area contributed by atoms with Gasteiger partial charge >= 0.3 is 0 Å². The van der Waals surface area contributed by atoms with E-state index in [0.717, 1.165) is 5.75 Å². The topological polar surface area (TPSA) is 42.9 Å². The molecule has 1 aliphatic rings. The lowest BCUT2D eigenvalue weighted by molar-refractivity contribution is 0.209. The Kier molecular flexibility index (Phi) is 4.27. The molecule has 0 saturated carbocycles. The molecular formula is C12H13ClN2O2. The van der Waals surface area contributed by atoms with Crippen LogP contribution in [-0.4, -0.2) is 24.7 Å². The Balaban J connectivity index is 1.68. The molecule has 90 valence electrons. The van der Waals surface area contributed by atoms with Gasteiger partial charge in [0.05, 0.1) is 0 Å². The van der Waals surface area contributed by atoms with Gasteiger partial charge < -0.3 is 14.8 Å². The monoisotopic (exact) mass is 252 g/mol. The summed E-state index contributed by atoms with van der Waals surface area (Å²) in [6.07, 6.45) is 3.43. The first-order chi connectivity index (χ1) is 8.34. The van der Waals surface area contributed by atoms with Gasteiger partial charge in [-0.2, -0.15) is 0 Å². The molecule has 1 atom stereocenters. The highest BCUT2D eigenvalue weighted by molar-refractivity contribution is 6.21. The zero-order valence-electron chi connectivity index (χ0n) is 9.17. The lowest BCUT2D eigenvalue weighted by Crippen LogP contribution is -2.23. The van der Waals surface area contributed by atoms with E-state index < -0.39 is 5.62 Å². The largest absolute Gasteiger partial charge is 0.490 e. The number of hydrogen-bond donors (Lipinski definition) is 1. The summed E-state index contributed by atoms with van der Waals surface area (Å²) < 4.78 is 10.9. The van der Waals surface area contributed by atoms with Gasteiger partial charge in [-0.1, -0.05) is 29.8 Å². The highest BCUT2D eigenvalue weighted by Gasteiger charge is 2.06. The molecule has 17 heavy (non-hydrogen) atoms. The van der Waals surface area contributed by atoms with Crippen molar-refractivity contribution in [3.05, 3.63) is 42.6 Å². The average molecular weight is 253 g/mol. The molecule has 1 unspecified atom stereocenters. The quantitative estimate of drug-likeness (QED) is 0.507. The zero-order valence-corrected chi connectivity index (χ0v) is 9.93. The van der Waals surface area contributed by atoms with Gasteiger partial charge in [0.25, 0.3) is 0 Å². The molecule has 0 saturated heterocycles. The summed E-state index contributed by atoms with van der Waals surface area (Å²) in [5.41, 5.74) is -0.454. The summed E-state index contributed by atoms with van der Waals surface area (Å²) >= 11 is 5.76. The van der Waals surface area contributed by atoms with Crippen molar-refractivity contribution in [2.24, 2.45) is 4.99 Å². The number of ether oxygens (including phenoxy) is 2. The Morgan fingerprint density at radius 2 is 1.94 bits per heavy atom. The SMILES string of the molecule is ClC1N=C(OCCOc2ccccc2)C=CN1. The number of nitrogens with one attached hydrogen (secondary N) is 1. The molecule has 0 spiro atoms. The Morgan fingerprint density at radius 3 is 2.71 bits per heavy atom. The number of rotatable bonds is 4. The molecule has 4 nitrogen and oxygen atoms in total. The fourth-order valence-electron chi connectivity index (χ4n) is 1.30. The lowest BCUT2D eigenvalue weighted by Gasteiger charge is -2.13. The van der Waals surface area contributed by atoms with Crippen molar-refractivity contribution >= 4 is 17.5 Å². The molecular weight excluding hydrogens is 240 g/mol. The zero-order chi connectivity index (χ0) is 11.9. The second-order valence-electron chi connectivity index (χ2n) is 3.31. The van der Waals surface area contributed by atoms with E-state index in [-0.39, 0.29) is 0 Å². The van der Waals surface area contributed by atoms with Gasteiger partial charge in [-0.3, -0.25) is 0 Å². The molecule has 1 N–H and O–H groups in total. The van der Waals surface area contributed by atoms with Crippen LogP contribution in [0.1, 0.15) is 0 Å². The van der Waals surface area contributed by atoms with Crippen molar-refractivity contribution in [2.45, 2.75) is 5.62 Å². The Labute approximate surface area is 105 Å². The Morgan fingerprint density at radius 1 is 1.18 bits per heavy atom. The first-order valence-electron chi connectivity index (χ1n) is 5.30. The van der Waals surface area contributed by atoms with Gasteiger partial charge in [0, 0.05) is 12.3 Å². The minimum absolute atomic E-state index is 0.432. The number of nitrogens with zero attached hydrogens (tertiary/aromatic N) is 1. The van der Waals surface area contributed by atoms with Crippen molar-refractivity contribution in [1.29, 1.82) is 0 Å². The van der Waals surface area contributed by atoms with Crippen molar-refractivity contribution in [3.63, 3.8) is 0 Å². The third-order valence-electron chi connectivity index (χ3n) is 2.05. The van der Waals surface area contributed by atoms with Gasteiger partial charge in [0.2, 0.25) is 5.90 Å². The Hall–Kier alpha value is -1.68. The first-order valence-corrected chi connectivity index (χ1v) is 5.73. The van der Waals surface area contributed by atoms with Crippen LogP contribution in [0.25, 0.3) is 0 Å². The molecule has 0 radical (unpaired) electrons. The normalized spacial score (nSPS) is 18.2. The summed E-state index contributed by atoms with van der Waals surface area (Å²) in [5.74, 6) is 1.34. The lowest BCUT2D eigenvalue weighted by atomic mass is 10.3. The maximum atomic E-state index is 5.76. The molecule has 5 heteroatoms. The number of hydrogen-bond acceptors (Lipinski definition) is 4. The highest BCUT2D eigenvalue weighted by atomic mass is 35.5. The molecule has 0 aliphatic carbocycles. The van der Waals surface area contributed by atoms with Crippen LogP contribution in [0.2, 0.25) is 0 Å². The second-order valence-corrected chi connectivity index (χ2v) is 3.73. The molecule has 1 aromatic rings. The van der Waals surface area contributed by atoms with E-state index in [1.807, 2.05) is 30.3 Å². The van der Waals surface area contributed by atoms with Gasteiger partial charge in [0.15, 0.2) is 5.62 Å². The van der Waals surface area contributed by atoms with E-state index in [2.05, 4.69) is 10.3 Å². The predicted molar refractivity (Wildman–Crippen MR) is 67.2 cm³/mol. The van der Waals surface area contributed by atoms with E-state index in [1.54, 1.807) is 12.3 Å². The number of alkyl halides is 1. The van der Waals surface area contributed by atoms with Crippen LogP contribution in [0, 0.1) is 0 Å². The van der Waals surface area contributed by atoms with Crippen LogP contribution in [0.4, 0.5) is 0 Å². The minimum Gasteiger partial charge on any atom is -0.490 e. The van der Waals surface area contributed by atoms with Crippen molar-refractivity contribution in [1.82, 2.24) is 5.32 Å². The van der Waals surface area contributed by atoms with Crippen LogP contribution in [-0.2, 0) is 4.74 Å². The van der Waals surface area contributed by atoms with Crippen molar-refractivity contribution in [3.8, 4) is 5.75 Å². The Bertz CT molecular complexity index is 406. The fourth-order valence-corrected chi connectivity index (χ4v) is 1.47. The number of para-hydroxylation sites is 1. The molecule has 1 aliphatic heterocycles. The van der Waals surface area contributed by atoms with Crippen molar-refractivity contribution < 1.29 is 9.47 Å². The summed E-state index contributed by atoms with van der Waals surface area (Å²) in [4.78, 5) is 4.03. The minimum atomic E-state index is -0.454. The van der Waals surface area contributed by atoms with Crippen LogP contribution < -0.4 is 10.1 Å². The van der Waals surface area contributed by atoms with E-state index in [1.165, 1.54) is 0 Å². The molecule has 2 rings (SSSR count). The van der Waals surface area contributed by atoms with Gasteiger partial charge in [0.1, 0.15) is 19.0 Å².